The molecule has 1 unspecified atom stereocenters. The van der Waals surface area contributed by atoms with Crippen molar-refractivity contribution in [3.63, 3.8) is 0 Å². The Morgan fingerprint density at radius 2 is 2.00 bits per heavy atom. The number of hydrogen-bond acceptors (Lipinski definition) is 5. The van der Waals surface area contributed by atoms with E-state index in [-0.39, 0.29) is 17.6 Å². The molecule has 1 spiro atoms. The highest BCUT2D eigenvalue weighted by Gasteiger charge is 2.49. The molecule has 0 aromatic heterocycles. The van der Waals surface area contributed by atoms with Crippen LogP contribution >= 0.6 is 0 Å². The molecule has 2 fully saturated rings. The standard InChI is InChI=1S/C16H26N2O3/c1-2-20-14(19)13-12-16(8-4-3-5-9-16)15(21-17-13)18-10-6-7-11-18/h15H,2-12H2,1H3. The monoisotopic (exact) mass is 294 g/mol. The first-order valence-electron chi connectivity index (χ1n) is 8.39. The van der Waals surface area contributed by atoms with Crippen LogP contribution in [0.4, 0.5) is 0 Å². The Morgan fingerprint density at radius 1 is 1.29 bits per heavy atom. The minimum Gasteiger partial charge on any atom is -0.461 e. The number of carbonyl (C=O) groups excluding carboxylic acids is 1. The smallest absolute Gasteiger partial charge is 0.356 e. The molecule has 5 heteroatoms. The first-order chi connectivity index (χ1) is 10.2. The van der Waals surface area contributed by atoms with Crippen molar-refractivity contribution in [1.82, 2.24) is 4.90 Å². The van der Waals surface area contributed by atoms with Gasteiger partial charge in [-0.05, 0) is 32.6 Å². The van der Waals surface area contributed by atoms with Crippen LogP contribution in [0.15, 0.2) is 5.16 Å². The van der Waals surface area contributed by atoms with Crippen molar-refractivity contribution in [2.75, 3.05) is 19.7 Å². The number of hydrogen-bond donors (Lipinski definition) is 0. The van der Waals surface area contributed by atoms with Crippen LogP contribution in [0.3, 0.4) is 0 Å². The molecule has 0 bridgehead atoms. The van der Waals surface area contributed by atoms with Gasteiger partial charge >= 0.3 is 5.97 Å². The van der Waals surface area contributed by atoms with Gasteiger partial charge < -0.3 is 9.57 Å². The van der Waals surface area contributed by atoms with E-state index < -0.39 is 0 Å². The minimum absolute atomic E-state index is 0.0541. The largest absolute Gasteiger partial charge is 0.461 e. The zero-order valence-corrected chi connectivity index (χ0v) is 13.0. The van der Waals surface area contributed by atoms with Crippen molar-refractivity contribution in [3.05, 3.63) is 0 Å². The Kier molecular flexibility index (Phi) is 4.48. The van der Waals surface area contributed by atoms with Gasteiger partial charge in [-0.25, -0.2) is 4.79 Å². The average Bonchev–Trinajstić information content (AvgIpc) is 3.02. The van der Waals surface area contributed by atoms with Crippen LogP contribution < -0.4 is 0 Å². The molecule has 3 rings (SSSR count). The number of carbonyl (C=O) groups is 1. The van der Waals surface area contributed by atoms with Gasteiger partial charge in [0.25, 0.3) is 0 Å². The summed E-state index contributed by atoms with van der Waals surface area (Å²) in [6, 6.07) is 0. The van der Waals surface area contributed by atoms with Crippen LogP contribution in [-0.2, 0) is 14.4 Å². The molecule has 1 saturated carbocycles. The topological polar surface area (TPSA) is 51.1 Å². The molecule has 0 aromatic rings. The SMILES string of the molecule is CCOC(=O)C1=NOC(N2CCCC2)C2(CCCCC2)C1. The maximum absolute atomic E-state index is 12.0. The fraction of sp³-hybridized carbons (Fsp3) is 0.875. The zero-order valence-electron chi connectivity index (χ0n) is 13.0. The van der Waals surface area contributed by atoms with Gasteiger partial charge in [0, 0.05) is 24.9 Å². The molecule has 5 nitrogen and oxygen atoms in total. The Labute approximate surface area is 126 Å². The van der Waals surface area contributed by atoms with E-state index in [2.05, 4.69) is 10.1 Å². The predicted octanol–water partition coefficient (Wildman–Crippen LogP) is 2.70. The highest BCUT2D eigenvalue weighted by Crippen LogP contribution is 2.47. The number of oxime groups is 1. The van der Waals surface area contributed by atoms with Crippen LogP contribution in [0, 0.1) is 5.41 Å². The van der Waals surface area contributed by atoms with Crippen molar-refractivity contribution >= 4 is 11.7 Å². The molecule has 1 aliphatic carbocycles. The van der Waals surface area contributed by atoms with E-state index in [0.29, 0.717) is 18.7 Å². The Hall–Kier alpha value is -1.10. The molecular weight excluding hydrogens is 268 g/mol. The van der Waals surface area contributed by atoms with Gasteiger partial charge in [0.1, 0.15) is 0 Å². The lowest BCUT2D eigenvalue weighted by Crippen LogP contribution is -2.52. The lowest BCUT2D eigenvalue weighted by Gasteiger charge is -2.47. The summed E-state index contributed by atoms with van der Waals surface area (Å²) in [4.78, 5) is 20.3. The maximum Gasteiger partial charge on any atom is 0.356 e. The Bertz CT molecular complexity index is 410. The molecule has 0 aromatic carbocycles. The summed E-state index contributed by atoms with van der Waals surface area (Å²) in [5.74, 6) is -0.303. The van der Waals surface area contributed by atoms with Crippen molar-refractivity contribution in [2.45, 2.75) is 64.5 Å². The van der Waals surface area contributed by atoms with Crippen molar-refractivity contribution in [2.24, 2.45) is 10.6 Å². The van der Waals surface area contributed by atoms with E-state index in [1.807, 2.05) is 6.92 Å². The third-order valence-electron chi connectivity index (χ3n) is 5.14. The van der Waals surface area contributed by atoms with Gasteiger partial charge in [0.15, 0.2) is 11.9 Å². The van der Waals surface area contributed by atoms with Crippen LogP contribution in [0.2, 0.25) is 0 Å². The molecular formula is C16H26N2O3. The summed E-state index contributed by atoms with van der Waals surface area (Å²) in [6.07, 6.45) is 9.26. The fourth-order valence-corrected chi connectivity index (χ4v) is 4.11. The van der Waals surface area contributed by atoms with E-state index in [4.69, 9.17) is 9.57 Å². The van der Waals surface area contributed by atoms with Crippen molar-refractivity contribution < 1.29 is 14.4 Å². The number of esters is 1. The third kappa shape index (κ3) is 2.93. The first kappa shape index (κ1) is 14.8. The van der Waals surface area contributed by atoms with E-state index in [9.17, 15) is 4.79 Å². The van der Waals surface area contributed by atoms with Gasteiger partial charge in [0.2, 0.25) is 0 Å². The predicted molar refractivity (Wildman–Crippen MR) is 79.9 cm³/mol. The van der Waals surface area contributed by atoms with Gasteiger partial charge in [-0.1, -0.05) is 24.4 Å². The van der Waals surface area contributed by atoms with E-state index in [1.165, 1.54) is 32.1 Å². The summed E-state index contributed by atoms with van der Waals surface area (Å²) in [5.41, 5.74) is 0.543. The number of ether oxygens (including phenoxy) is 1. The zero-order chi connectivity index (χ0) is 14.7. The van der Waals surface area contributed by atoms with Crippen LogP contribution in [0.25, 0.3) is 0 Å². The average molecular weight is 294 g/mol. The summed E-state index contributed by atoms with van der Waals surface area (Å²) in [7, 11) is 0. The van der Waals surface area contributed by atoms with E-state index in [0.717, 1.165) is 25.9 Å². The normalized spacial score (nSPS) is 29.0. The number of rotatable bonds is 3. The first-order valence-corrected chi connectivity index (χ1v) is 8.39. The second-order valence-electron chi connectivity index (χ2n) is 6.56. The molecule has 118 valence electrons. The summed E-state index contributed by atoms with van der Waals surface area (Å²) in [5, 5.41) is 4.12. The summed E-state index contributed by atoms with van der Waals surface area (Å²) < 4.78 is 5.11. The Balaban J connectivity index is 1.80. The van der Waals surface area contributed by atoms with Crippen LogP contribution in [0.5, 0.6) is 0 Å². The van der Waals surface area contributed by atoms with Crippen LogP contribution in [-0.4, -0.2) is 42.5 Å². The molecule has 1 atom stereocenters. The molecule has 0 radical (unpaired) electrons. The van der Waals surface area contributed by atoms with E-state index >= 15 is 0 Å². The minimum atomic E-state index is -0.303. The fourth-order valence-electron chi connectivity index (χ4n) is 4.11. The molecule has 1 saturated heterocycles. The molecule has 21 heavy (non-hydrogen) atoms. The van der Waals surface area contributed by atoms with Crippen molar-refractivity contribution in [1.29, 1.82) is 0 Å². The van der Waals surface area contributed by atoms with Gasteiger partial charge in [-0.2, -0.15) is 0 Å². The van der Waals surface area contributed by atoms with E-state index in [1.54, 1.807) is 0 Å². The molecule has 0 amide bonds. The second-order valence-corrected chi connectivity index (χ2v) is 6.56. The van der Waals surface area contributed by atoms with Crippen LogP contribution in [0.1, 0.15) is 58.3 Å². The lowest BCUT2D eigenvalue weighted by atomic mass is 9.68. The highest BCUT2D eigenvalue weighted by atomic mass is 16.7. The van der Waals surface area contributed by atoms with Gasteiger partial charge in [-0.15, -0.1) is 0 Å². The third-order valence-corrected chi connectivity index (χ3v) is 5.14. The molecule has 2 heterocycles. The molecule has 0 N–H and O–H groups in total. The van der Waals surface area contributed by atoms with Gasteiger partial charge in [0.05, 0.1) is 6.61 Å². The molecule has 2 aliphatic heterocycles. The summed E-state index contributed by atoms with van der Waals surface area (Å²) in [6.45, 7) is 4.40. The quantitative estimate of drug-likeness (QED) is 0.751. The Morgan fingerprint density at radius 3 is 2.67 bits per heavy atom. The second kappa shape index (κ2) is 6.34. The number of likely N-dealkylation sites (tertiary alicyclic amines) is 1. The molecule has 3 aliphatic rings. The van der Waals surface area contributed by atoms with Crippen molar-refractivity contribution in [3.8, 4) is 0 Å². The number of nitrogens with zero attached hydrogens (tertiary/aromatic N) is 2. The van der Waals surface area contributed by atoms with Gasteiger partial charge in [-0.3, -0.25) is 4.90 Å². The maximum atomic E-state index is 12.0. The summed E-state index contributed by atoms with van der Waals surface area (Å²) >= 11 is 0. The lowest BCUT2D eigenvalue weighted by molar-refractivity contribution is -0.155. The highest BCUT2D eigenvalue weighted by molar-refractivity contribution is 6.36.